The maximum Gasteiger partial charge on any atom is 0.338 e. The number of imide groups is 1. The van der Waals surface area contributed by atoms with E-state index in [0.717, 1.165) is 11.3 Å². The third kappa shape index (κ3) is 4.25. The number of hydrogen-bond donors (Lipinski definition) is 1. The molecule has 30 heavy (non-hydrogen) atoms. The number of unbranched alkanes of at least 4 members (excludes halogenated alkanes) is 1. The molecule has 0 unspecified atom stereocenters. The van der Waals surface area contributed by atoms with Crippen molar-refractivity contribution in [2.45, 2.75) is 39.2 Å². The van der Waals surface area contributed by atoms with Gasteiger partial charge in [0.15, 0.2) is 0 Å². The summed E-state index contributed by atoms with van der Waals surface area (Å²) in [7, 11) is 0. The molecule has 0 saturated carbocycles. The highest BCUT2D eigenvalue weighted by Gasteiger charge is 2.42. The van der Waals surface area contributed by atoms with Crippen LogP contribution in [-0.2, 0) is 9.53 Å². The summed E-state index contributed by atoms with van der Waals surface area (Å²) in [6, 6.07) is 11.9. The lowest BCUT2D eigenvalue weighted by Gasteiger charge is -2.25. The molecule has 7 nitrogen and oxygen atoms in total. The molecule has 3 amide bonds. The van der Waals surface area contributed by atoms with Crippen LogP contribution in [0.15, 0.2) is 48.5 Å². The van der Waals surface area contributed by atoms with E-state index < -0.39 is 29.7 Å². The van der Waals surface area contributed by atoms with Crippen LogP contribution in [-0.4, -0.2) is 41.2 Å². The number of rotatable bonds is 8. The van der Waals surface area contributed by atoms with Gasteiger partial charge >= 0.3 is 5.97 Å². The van der Waals surface area contributed by atoms with Gasteiger partial charge in [0.05, 0.1) is 23.3 Å². The zero-order valence-corrected chi connectivity index (χ0v) is 17.0. The number of nitrogens with one attached hydrogen (secondary N) is 1. The summed E-state index contributed by atoms with van der Waals surface area (Å²) in [5, 5.41) is 2.76. The molecular formula is C23H24N2O5. The van der Waals surface area contributed by atoms with Gasteiger partial charge < -0.3 is 10.1 Å². The lowest BCUT2D eigenvalue weighted by Crippen LogP contribution is -2.47. The van der Waals surface area contributed by atoms with Gasteiger partial charge in [0.2, 0.25) is 5.91 Å². The highest BCUT2D eigenvalue weighted by molar-refractivity contribution is 6.23. The molecule has 2 aromatic carbocycles. The molecule has 0 bridgehead atoms. The number of esters is 1. The average Bonchev–Trinajstić information content (AvgIpc) is 3.00. The maximum atomic E-state index is 13.0. The summed E-state index contributed by atoms with van der Waals surface area (Å²) in [5.74, 6) is -1.79. The van der Waals surface area contributed by atoms with E-state index in [-0.39, 0.29) is 6.61 Å². The lowest BCUT2D eigenvalue weighted by atomic mass is 10.1. The van der Waals surface area contributed by atoms with Crippen molar-refractivity contribution in [3.63, 3.8) is 0 Å². The van der Waals surface area contributed by atoms with Gasteiger partial charge in [0.25, 0.3) is 11.8 Å². The van der Waals surface area contributed by atoms with Crippen molar-refractivity contribution in [2.75, 3.05) is 11.9 Å². The number of carbonyl (C=O) groups is 4. The molecule has 0 saturated heterocycles. The number of anilines is 1. The van der Waals surface area contributed by atoms with E-state index in [4.69, 9.17) is 4.74 Å². The smallest absolute Gasteiger partial charge is 0.338 e. The Morgan fingerprint density at radius 1 is 0.967 bits per heavy atom. The second kappa shape index (κ2) is 9.35. The van der Waals surface area contributed by atoms with E-state index in [1.54, 1.807) is 55.5 Å². The number of nitrogens with zero attached hydrogens (tertiary/aromatic N) is 1. The molecule has 0 aliphatic carbocycles. The highest BCUT2D eigenvalue weighted by atomic mass is 16.5. The molecule has 1 aliphatic heterocycles. The van der Waals surface area contributed by atoms with Crippen molar-refractivity contribution in [3.8, 4) is 0 Å². The Morgan fingerprint density at radius 3 is 2.10 bits per heavy atom. The molecule has 7 heteroatoms. The first-order chi connectivity index (χ1) is 14.5. The fraction of sp³-hybridized carbons (Fsp3) is 0.304. The van der Waals surface area contributed by atoms with Crippen LogP contribution in [0.25, 0.3) is 0 Å². The number of carbonyl (C=O) groups excluding carboxylic acids is 4. The minimum atomic E-state index is -0.915. The first-order valence-corrected chi connectivity index (χ1v) is 10.0. The summed E-state index contributed by atoms with van der Waals surface area (Å²) < 4.78 is 4.95. The van der Waals surface area contributed by atoms with E-state index >= 15 is 0 Å². The van der Waals surface area contributed by atoms with Gasteiger partial charge in [-0.2, -0.15) is 0 Å². The predicted octanol–water partition coefficient (Wildman–Crippen LogP) is 3.66. The standard InChI is InChI=1S/C23H24N2O5/c1-3-5-10-19(25-21(27)17-8-6-7-9-18(17)22(25)28)20(26)24-16-13-11-15(12-14-16)23(29)30-4-2/h6-9,11-14,19H,3-5,10H2,1-2H3,(H,24,26)/t19-/m0/s1. The molecule has 3 rings (SSSR count). The fourth-order valence-corrected chi connectivity index (χ4v) is 3.40. The maximum absolute atomic E-state index is 13.0. The van der Waals surface area contributed by atoms with E-state index in [1.807, 2.05) is 6.92 Å². The van der Waals surface area contributed by atoms with Crippen LogP contribution in [0.3, 0.4) is 0 Å². The number of ether oxygens (including phenoxy) is 1. The van der Waals surface area contributed by atoms with E-state index in [1.165, 1.54) is 0 Å². The van der Waals surface area contributed by atoms with Gasteiger partial charge in [-0.25, -0.2) is 4.79 Å². The van der Waals surface area contributed by atoms with Crippen LogP contribution in [0.2, 0.25) is 0 Å². The predicted molar refractivity (Wildman–Crippen MR) is 111 cm³/mol. The van der Waals surface area contributed by atoms with Crippen LogP contribution >= 0.6 is 0 Å². The normalized spacial score (nSPS) is 13.7. The van der Waals surface area contributed by atoms with Crippen molar-refractivity contribution >= 4 is 29.4 Å². The molecule has 1 aliphatic rings. The quantitative estimate of drug-likeness (QED) is 0.532. The summed E-state index contributed by atoms with van der Waals surface area (Å²) >= 11 is 0. The van der Waals surface area contributed by atoms with Crippen molar-refractivity contribution < 1.29 is 23.9 Å². The summed E-state index contributed by atoms with van der Waals surface area (Å²) in [6.45, 7) is 3.98. The van der Waals surface area contributed by atoms with Gasteiger partial charge in [-0.1, -0.05) is 31.9 Å². The largest absolute Gasteiger partial charge is 0.462 e. The number of fused-ring (bicyclic) bond motifs is 1. The minimum Gasteiger partial charge on any atom is -0.462 e. The fourth-order valence-electron chi connectivity index (χ4n) is 3.40. The van der Waals surface area contributed by atoms with E-state index in [9.17, 15) is 19.2 Å². The van der Waals surface area contributed by atoms with Gasteiger partial charge in [0.1, 0.15) is 6.04 Å². The number of hydrogen-bond acceptors (Lipinski definition) is 5. The average molecular weight is 408 g/mol. The Kier molecular flexibility index (Phi) is 6.61. The van der Waals surface area contributed by atoms with Crippen molar-refractivity contribution in [2.24, 2.45) is 0 Å². The summed E-state index contributed by atoms with van der Waals surface area (Å²) in [6.07, 6.45) is 1.88. The molecule has 156 valence electrons. The lowest BCUT2D eigenvalue weighted by molar-refractivity contribution is -0.120. The second-order valence-corrected chi connectivity index (χ2v) is 6.97. The summed E-state index contributed by atoms with van der Waals surface area (Å²) in [5.41, 5.74) is 1.47. The van der Waals surface area contributed by atoms with Crippen molar-refractivity contribution in [1.29, 1.82) is 0 Å². The first-order valence-electron chi connectivity index (χ1n) is 10.0. The van der Waals surface area contributed by atoms with Crippen LogP contribution in [0, 0.1) is 0 Å². The Bertz CT molecular complexity index is 933. The molecule has 0 fully saturated rings. The molecule has 1 heterocycles. The van der Waals surface area contributed by atoms with Crippen molar-refractivity contribution in [1.82, 2.24) is 4.90 Å². The minimum absolute atomic E-state index is 0.275. The van der Waals surface area contributed by atoms with E-state index in [0.29, 0.717) is 35.2 Å². The third-order valence-corrected chi connectivity index (χ3v) is 4.93. The Hall–Kier alpha value is -3.48. The monoisotopic (exact) mass is 408 g/mol. The van der Waals surface area contributed by atoms with Gasteiger partial charge in [-0.15, -0.1) is 0 Å². The highest BCUT2D eigenvalue weighted by Crippen LogP contribution is 2.27. The van der Waals surface area contributed by atoms with Gasteiger partial charge in [-0.3, -0.25) is 19.3 Å². The molecule has 0 radical (unpaired) electrons. The first kappa shape index (κ1) is 21.2. The Morgan fingerprint density at radius 2 is 1.57 bits per heavy atom. The van der Waals surface area contributed by atoms with E-state index in [2.05, 4.69) is 5.32 Å². The third-order valence-electron chi connectivity index (χ3n) is 4.93. The number of benzene rings is 2. The Balaban J connectivity index is 1.79. The zero-order chi connectivity index (χ0) is 21.7. The Labute approximate surface area is 175 Å². The molecule has 1 atom stereocenters. The second-order valence-electron chi connectivity index (χ2n) is 6.97. The summed E-state index contributed by atoms with van der Waals surface area (Å²) in [4.78, 5) is 51.5. The van der Waals surface area contributed by atoms with Crippen molar-refractivity contribution in [3.05, 3.63) is 65.2 Å². The topological polar surface area (TPSA) is 92.8 Å². The van der Waals surface area contributed by atoms with Gasteiger partial charge in [0, 0.05) is 5.69 Å². The number of amides is 3. The molecule has 2 aromatic rings. The van der Waals surface area contributed by atoms with Crippen LogP contribution in [0.1, 0.15) is 64.2 Å². The molecule has 0 spiro atoms. The van der Waals surface area contributed by atoms with Crippen LogP contribution < -0.4 is 5.32 Å². The van der Waals surface area contributed by atoms with Crippen LogP contribution in [0.4, 0.5) is 5.69 Å². The zero-order valence-electron chi connectivity index (χ0n) is 17.0. The van der Waals surface area contributed by atoms with Crippen LogP contribution in [0.5, 0.6) is 0 Å². The SMILES string of the molecule is CCCC[C@@H](C(=O)Nc1ccc(C(=O)OCC)cc1)N1C(=O)c2ccccc2C1=O. The molecule has 0 aromatic heterocycles. The molecular weight excluding hydrogens is 384 g/mol. The molecule has 1 N–H and O–H groups in total. The van der Waals surface area contributed by atoms with Gasteiger partial charge in [-0.05, 0) is 49.7 Å².